The second-order valence-corrected chi connectivity index (χ2v) is 8.56. The minimum Gasteiger partial charge on any atom is -0.274 e. The Morgan fingerprint density at radius 1 is 1.11 bits per heavy atom. The van der Waals surface area contributed by atoms with E-state index >= 15 is 0 Å². The number of sulfonamides is 2. The summed E-state index contributed by atoms with van der Waals surface area (Å²) in [7, 11) is -7.22. The molecule has 0 spiro atoms. The van der Waals surface area contributed by atoms with Crippen LogP contribution in [0.3, 0.4) is 0 Å². The lowest BCUT2D eigenvalue weighted by Crippen LogP contribution is -2.40. The van der Waals surface area contributed by atoms with Crippen molar-refractivity contribution in [3.8, 4) is 0 Å². The van der Waals surface area contributed by atoms with Crippen LogP contribution in [-0.2, 0) is 24.8 Å². The fourth-order valence-electron chi connectivity index (χ4n) is 2.08. The van der Waals surface area contributed by atoms with E-state index in [0.29, 0.717) is 12.8 Å². The van der Waals surface area contributed by atoms with Gasteiger partial charge in [0.2, 0.25) is 26.0 Å². The molecule has 19 heavy (non-hydrogen) atoms. The van der Waals surface area contributed by atoms with Crippen LogP contribution in [0.5, 0.6) is 0 Å². The summed E-state index contributed by atoms with van der Waals surface area (Å²) in [5.41, 5.74) is 0. The molecule has 9 heteroatoms. The van der Waals surface area contributed by atoms with Crippen LogP contribution < -0.4 is 9.44 Å². The van der Waals surface area contributed by atoms with Gasteiger partial charge in [-0.25, -0.2) is 21.6 Å². The van der Waals surface area contributed by atoms with Crippen molar-refractivity contribution in [1.82, 2.24) is 9.44 Å². The Labute approximate surface area is 114 Å². The van der Waals surface area contributed by atoms with E-state index in [4.69, 9.17) is 0 Å². The molecule has 2 N–H and O–H groups in total. The lowest BCUT2D eigenvalue weighted by Gasteiger charge is -2.21. The second kappa shape index (κ2) is 6.67. The summed E-state index contributed by atoms with van der Waals surface area (Å²) >= 11 is 0. The van der Waals surface area contributed by atoms with Gasteiger partial charge < -0.3 is 0 Å². The topological polar surface area (TPSA) is 109 Å². The van der Waals surface area contributed by atoms with E-state index in [1.165, 1.54) is 0 Å². The molecule has 1 aliphatic carbocycles. The molecule has 1 aliphatic rings. The zero-order chi connectivity index (χ0) is 14.5. The fourth-order valence-corrected chi connectivity index (χ4v) is 4.70. The van der Waals surface area contributed by atoms with Gasteiger partial charge in [0.25, 0.3) is 0 Å². The minimum absolute atomic E-state index is 0.221. The van der Waals surface area contributed by atoms with E-state index in [2.05, 4.69) is 4.72 Å². The lowest BCUT2D eigenvalue weighted by atomic mass is 10.0. The number of hydrogen-bond donors (Lipinski definition) is 2. The van der Waals surface area contributed by atoms with E-state index in [1.807, 2.05) is 0 Å². The molecule has 1 fully saturated rings. The van der Waals surface area contributed by atoms with Crippen LogP contribution in [0.1, 0.15) is 39.0 Å². The van der Waals surface area contributed by atoms with E-state index in [1.54, 1.807) is 4.72 Å². The third kappa shape index (κ3) is 5.87. The van der Waals surface area contributed by atoms with Gasteiger partial charge in [-0.2, -0.15) is 0 Å². The lowest BCUT2D eigenvalue weighted by molar-refractivity contribution is -0.117. The monoisotopic (exact) mass is 312 g/mol. The van der Waals surface area contributed by atoms with Crippen molar-refractivity contribution in [2.24, 2.45) is 0 Å². The number of hydrogen-bond acceptors (Lipinski definition) is 5. The molecule has 1 saturated carbocycles. The van der Waals surface area contributed by atoms with Crippen LogP contribution in [0, 0.1) is 0 Å². The quantitative estimate of drug-likeness (QED) is 0.700. The maximum absolute atomic E-state index is 11.9. The van der Waals surface area contributed by atoms with Crippen LogP contribution >= 0.6 is 0 Å². The van der Waals surface area contributed by atoms with Crippen molar-refractivity contribution in [1.29, 1.82) is 0 Å². The zero-order valence-corrected chi connectivity index (χ0v) is 12.5. The second-order valence-electron chi connectivity index (χ2n) is 4.68. The van der Waals surface area contributed by atoms with Crippen molar-refractivity contribution in [2.45, 2.75) is 44.3 Å². The van der Waals surface area contributed by atoms with Crippen LogP contribution in [0.4, 0.5) is 0 Å². The molecular formula is C10H20N2O5S2. The molecule has 1 rings (SSSR count). The van der Waals surface area contributed by atoms with Gasteiger partial charge in [-0.05, 0) is 12.8 Å². The third-order valence-corrected chi connectivity index (χ3v) is 6.26. The third-order valence-electron chi connectivity index (χ3n) is 2.96. The van der Waals surface area contributed by atoms with Crippen LogP contribution in [0.25, 0.3) is 0 Å². The first-order chi connectivity index (χ1) is 8.73. The molecule has 0 atom stereocenters. The highest BCUT2D eigenvalue weighted by molar-refractivity contribution is 7.91. The van der Waals surface area contributed by atoms with E-state index < -0.39 is 37.0 Å². The minimum atomic E-state index is -3.76. The average molecular weight is 312 g/mol. The molecule has 0 aromatic heterocycles. The summed E-state index contributed by atoms with van der Waals surface area (Å²) in [6.45, 7) is 0.866. The molecule has 0 saturated heterocycles. The first-order valence-electron chi connectivity index (χ1n) is 6.22. The van der Waals surface area contributed by atoms with Crippen molar-refractivity contribution in [2.75, 3.05) is 12.3 Å². The summed E-state index contributed by atoms with van der Waals surface area (Å²) < 4.78 is 50.6. The number of rotatable bonds is 6. The highest BCUT2D eigenvalue weighted by Gasteiger charge is 2.27. The predicted octanol–water partition coefficient (Wildman–Crippen LogP) is -0.296. The van der Waals surface area contributed by atoms with Gasteiger partial charge in [-0.1, -0.05) is 19.3 Å². The first-order valence-corrected chi connectivity index (χ1v) is 9.42. The normalized spacial score (nSPS) is 18.2. The van der Waals surface area contributed by atoms with Gasteiger partial charge in [0.15, 0.2) is 0 Å². The van der Waals surface area contributed by atoms with Gasteiger partial charge in [0.05, 0.1) is 11.0 Å². The van der Waals surface area contributed by atoms with Gasteiger partial charge in [0.1, 0.15) is 0 Å². The van der Waals surface area contributed by atoms with Crippen molar-refractivity contribution in [3.05, 3.63) is 0 Å². The fraction of sp³-hybridized carbons (Fsp3) is 0.900. The number of amides is 1. The molecule has 0 aliphatic heterocycles. The predicted molar refractivity (Wildman–Crippen MR) is 71.4 cm³/mol. The molecule has 0 aromatic rings. The smallest absolute Gasteiger partial charge is 0.236 e. The SMILES string of the molecule is CC(=O)NS(=O)(=O)CCNS(=O)(=O)C1CCCCC1. The Bertz CT molecular complexity index is 506. The Morgan fingerprint density at radius 3 is 2.21 bits per heavy atom. The summed E-state index contributed by atoms with van der Waals surface area (Å²) in [4.78, 5) is 10.6. The molecule has 0 heterocycles. The Balaban J connectivity index is 2.45. The van der Waals surface area contributed by atoms with E-state index in [9.17, 15) is 21.6 Å². The van der Waals surface area contributed by atoms with Gasteiger partial charge in [-0.15, -0.1) is 0 Å². The molecule has 112 valence electrons. The summed E-state index contributed by atoms with van der Waals surface area (Å²) in [5.74, 6) is -1.13. The standard InChI is InChI=1S/C10H20N2O5S2/c1-9(13)12-18(14,15)8-7-11-19(16,17)10-5-3-2-4-6-10/h10-11H,2-8H2,1H3,(H,12,13). The maximum atomic E-state index is 11.9. The zero-order valence-electron chi connectivity index (χ0n) is 10.9. The average Bonchev–Trinajstić information content (AvgIpc) is 2.27. The summed E-state index contributed by atoms with van der Waals surface area (Å²) in [6.07, 6.45) is 4.05. The molecular weight excluding hydrogens is 292 g/mol. The highest BCUT2D eigenvalue weighted by Crippen LogP contribution is 2.22. The Kier molecular flexibility index (Phi) is 5.75. The van der Waals surface area contributed by atoms with Crippen molar-refractivity contribution in [3.63, 3.8) is 0 Å². The van der Waals surface area contributed by atoms with Crippen molar-refractivity contribution < 1.29 is 21.6 Å². The van der Waals surface area contributed by atoms with Gasteiger partial charge in [0, 0.05) is 13.5 Å². The molecule has 0 radical (unpaired) electrons. The molecule has 7 nitrogen and oxygen atoms in total. The molecule has 0 unspecified atom stereocenters. The van der Waals surface area contributed by atoms with E-state index in [-0.39, 0.29) is 6.54 Å². The summed E-state index contributed by atoms with van der Waals surface area (Å²) in [5, 5.41) is -0.426. The number of carbonyl (C=O) groups is 1. The van der Waals surface area contributed by atoms with Gasteiger partial charge in [-0.3, -0.25) is 9.52 Å². The van der Waals surface area contributed by atoms with Crippen LogP contribution in [-0.4, -0.2) is 40.3 Å². The van der Waals surface area contributed by atoms with Crippen LogP contribution in [0.2, 0.25) is 0 Å². The molecule has 0 aromatic carbocycles. The Morgan fingerprint density at radius 2 is 1.68 bits per heavy atom. The first kappa shape index (κ1) is 16.4. The maximum Gasteiger partial charge on any atom is 0.236 e. The number of nitrogens with one attached hydrogen (secondary N) is 2. The molecule has 1 amide bonds. The summed E-state index contributed by atoms with van der Waals surface area (Å²) in [6, 6.07) is 0. The van der Waals surface area contributed by atoms with Gasteiger partial charge >= 0.3 is 0 Å². The Hall–Kier alpha value is -0.670. The number of carbonyl (C=O) groups excluding carboxylic acids is 1. The van der Waals surface area contributed by atoms with E-state index in [0.717, 1.165) is 26.2 Å². The van der Waals surface area contributed by atoms with Crippen molar-refractivity contribution >= 4 is 26.0 Å². The largest absolute Gasteiger partial charge is 0.274 e. The van der Waals surface area contributed by atoms with Crippen LogP contribution in [0.15, 0.2) is 0 Å². The highest BCUT2D eigenvalue weighted by atomic mass is 32.2. The molecule has 0 bridgehead atoms.